The second-order valence-corrected chi connectivity index (χ2v) is 7.56. The number of fused-ring (bicyclic) bond motifs is 1. The predicted octanol–water partition coefficient (Wildman–Crippen LogP) is 5.10. The van der Waals surface area contributed by atoms with Gasteiger partial charge in [-0.15, -0.1) is 0 Å². The number of pyridine rings is 1. The molecule has 2 aromatic heterocycles. The van der Waals surface area contributed by atoms with Gasteiger partial charge in [0.2, 0.25) is 0 Å². The number of halogens is 1. The van der Waals surface area contributed by atoms with E-state index in [1.165, 1.54) is 40.5 Å². The summed E-state index contributed by atoms with van der Waals surface area (Å²) in [6, 6.07) is 14.6. The summed E-state index contributed by atoms with van der Waals surface area (Å²) < 4.78 is 0.861. The lowest BCUT2D eigenvalue weighted by Crippen LogP contribution is -2.30. The van der Waals surface area contributed by atoms with Crippen molar-refractivity contribution in [1.82, 2.24) is 9.97 Å². The highest BCUT2D eigenvalue weighted by molar-refractivity contribution is 7.22. The summed E-state index contributed by atoms with van der Waals surface area (Å²) in [6.07, 6.45) is 3.33. The molecule has 1 amide bonds. The summed E-state index contributed by atoms with van der Waals surface area (Å²) >= 11 is 7.60. The second kappa shape index (κ2) is 7.94. The molecule has 0 radical (unpaired) electrons. The lowest BCUT2D eigenvalue weighted by molar-refractivity contribution is -0.384. The average Bonchev–Trinajstić information content (AvgIpc) is 3.18. The number of hydrogen-bond acceptors (Lipinski definition) is 6. The van der Waals surface area contributed by atoms with Crippen LogP contribution in [0.15, 0.2) is 67.0 Å². The van der Waals surface area contributed by atoms with Crippen molar-refractivity contribution < 1.29 is 9.72 Å². The fraction of sp³-hybridized carbons (Fsp3) is 0.0500. The van der Waals surface area contributed by atoms with Crippen LogP contribution in [0.25, 0.3) is 10.2 Å². The van der Waals surface area contributed by atoms with E-state index in [2.05, 4.69) is 9.97 Å². The van der Waals surface area contributed by atoms with Crippen LogP contribution in [0, 0.1) is 10.1 Å². The maximum atomic E-state index is 13.3. The molecular formula is C20H13ClN4O3S. The lowest BCUT2D eigenvalue weighted by Gasteiger charge is -2.20. The van der Waals surface area contributed by atoms with E-state index in [1.807, 2.05) is 18.2 Å². The van der Waals surface area contributed by atoms with Crippen molar-refractivity contribution in [1.29, 1.82) is 0 Å². The number of aromatic nitrogens is 2. The highest BCUT2D eigenvalue weighted by atomic mass is 35.5. The van der Waals surface area contributed by atoms with Crippen LogP contribution >= 0.6 is 22.9 Å². The third-order valence-electron chi connectivity index (χ3n) is 4.22. The molecular weight excluding hydrogens is 412 g/mol. The van der Waals surface area contributed by atoms with Gasteiger partial charge in [0.1, 0.15) is 5.52 Å². The minimum atomic E-state index is -0.503. The lowest BCUT2D eigenvalue weighted by atomic mass is 10.1. The molecule has 0 spiro atoms. The summed E-state index contributed by atoms with van der Waals surface area (Å²) in [5.74, 6) is -0.320. The first-order valence-corrected chi connectivity index (χ1v) is 9.72. The predicted molar refractivity (Wildman–Crippen MR) is 112 cm³/mol. The molecule has 0 bridgehead atoms. The van der Waals surface area contributed by atoms with Crippen molar-refractivity contribution in [3.63, 3.8) is 0 Å². The summed E-state index contributed by atoms with van der Waals surface area (Å²) in [4.78, 5) is 33.8. The van der Waals surface area contributed by atoms with E-state index in [4.69, 9.17) is 11.6 Å². The smallest absolute Gasteiger partial charge is 0.269 e. The summed E-state index contributed by atoms with van der Waals surface area (Å²) in [7, 11) is 0. The molecule has 0 fully saturated rings. The number of nitrogens with zero attached hydrogens (tertiary/aromatic N) is 4. The first-order valence-electron chi connectivity index (χ1n) is 8.53. The number of hydrogen-bond donors (Lipinski definition) is 0. The first-order chi connectivity index (χ1) is 14.0. The summed E-state index contributed by atoms with van der Waals surface area (Å²) in [5.41, 5.74) is 1.70. The number of thiazole rings is 1. The number of para-hydroxylation sites is 1. The minimum Gasteiger partial charge on any atom is -0.279 e. The number of nitro groups is 1. The Morgan fingerprint density at radius 2 is 1.93 bits per heavy atom. The Hall–Kier alpha value is -3.36. The monoisotopic (exact) mass is 424 g/mol. The normalized spacial score (nSPS) is 10.8. The quantitative estimate of drug-likeness (QED) is 0.328. The molecule has 0 saturated carbocycles. The number of carbonyl (C=O) groups excluding carboxylic acids is 1. The number of rotatable bonds is 5. The molecule has 2 heterocycles. The Morgan fingerprint density at radius 1 is 1.14 bits per heavy atom. The fourth-order valence-electron chi connectivity index (χ4n) is 2.80. The molecule has 0 unspecified atom stereocenters. The van der Waals surface area contributed by atoms with E-state index in [1.54, 1.807) is 24.5 Å². The van der Waals surface area contributed by atoms with Gasteiger partial charge in [-0.05, 0) is 35.9 Å². The van der Waals surface area contributed by atoms with Gasteiger partial charge in [0, 0.05) is 30.1 Å². The topological polar surface area (TPSA) is 89.2 Å². The number of amides is 1. The number of non-ortho nitro benzene ring substituents is 1. The molecule has 0 aliphatic heterocycles. The van der Waals surface area contributed by atoms with Crippen molar-refractivity contribution in [3.05, 3.63) is 93.3 Å². The molecule has 2 aromatic carbocycles. The van der Waals surface area contributed by atoms with Gasteiger partial charge in [-0.1, -0.05) is 35.1 Å². The highest BCUT2D eigenvalue weighted by Gasteiger charge is 2.23. The fourth-order valence-corrected chi connectivity index (χ4v) is 4.06. The standard InChI is InChI=1S/C20H13ClN4O3S/c21-16-4-1-5-17-18(16)23-20(29-17)24(12-13-3-2-10-22-11-13)19(26)14-6-8-15(9-7-14)25(27)28/h1-11H,12H2. The van der Waals surface area contributed by atoms with Gasteiger partial charge in [-0.2, -0.15) is 0 Å². The molecule has 0 N–H and O–H groups in total. The molecule has 7 nitrogen and oxygen atoms in total. The molecule has 144 valence electrons. The van der Waals surface area contributed by atoms with Crippen LogP contribution in [-0.2, 0) is 6.54 Å². The third kappa shape index (κ3) is 3.94. The van der Waals surface area contributed by atoms with Crippen LogP contribution in [-0.4, -0.2) is 20.8 Å². The Bertz CT molecular complexity index is 1200. The average molecular weight is 425 g/mol. The zero-order valence-corrected chi connectivity index (χ0v) is 16.4. The van der Waals surface area contributed by atoms with Gasteiger partial charge in [-0.3, -0.25) is 24.8 Å². The number of nitro benzene ring substituents is 1. The van der Waals surface area contributed by atoms with Gasteiger partial charge in [-0.25, -0.2) is 4.98 Å². The van der Waals surface area contributed by atoms with Gasteiger partial charge in [0.15, 0.2) is 5.13 Å². The molecule has 0 aliphatic rings. The van der Waals surface area contributed by atoms with Crippen LogP contribution in [0.1, 0.15) is 15.9 Å². The van der Waals surface area contributed by atoms with Crippen molar-refractivity contribution >= 4 is 49.9 Å². The Kier molecular flexibility index (Phi) is 5.20. The highest BCUT2D eigenvalue weighted by Crippen LogP contribution is 2.34. The molecule has 29 heavy (non-hydrogen) atoms. The van der Waals surface area contributed by atoms with E-state index in [-0.39, 0.29) is 18.1 Å². The molecule has 0 aliphatic carbocycles. The van der Waals surface area contributed by atoms with Gasteiger partial charge < -0.3 is 0 Å². The number of benzene rings is 2. The van der Waals surface area contributed by atoms with E-state index in [9.17, 15) is 14.9 Å². The van der Waals surface area contributed by atoms with Crippen LogP contribution in [0.5, 0.6) is 0 Å². The van der Waals surface area contributed by atoms with Crippen molar-refractivity contribution in [2.45, 2.75) is 6.54 Å². The van der Waals surface area contributed by atoms with Gasteiger partial charge >= 0.3 is 0 Å². The molecule has 4 rings (SSSR count). The maximum absolute atomic E-state index is 13.3. The largest absolute Gasteiger partial charge is 0.279 e. The van der Waals surface area contributed by atoms with Crippen LogP contribution in [0.4, 0.5) is 10.8 Å². The van der Waals surface area contributed by atoms with E-state index in [0.717, 1.165) is 10.3 Å². The maximum Gasteiger partial charge on any atom is 0.269 e. The van der Waals surface area contributed by atoms with E-state index >= 15 is 0 Å². The van der Waals surface area contributed by atoms with Crippen molar-refractivity contribution in [2.24, 2.45) is 0 Å². The Morgan fingerprint density at radius 3 is 2.59 bits per heavy atom. The SMILES string of the molecule is O=C(c1ccc([N+](=O)[O-])cc1)N(Cc1cccnc1)c1nc2c(Cl)cccc2s1. The Balaban J connectivity index is 1.75. The molecule has 9 heteroatoms. The second-order valence-electron chi connectivity index (χ2n) is 6.14. The van der Waals surface area contributed by atoms with Crippen LogP contribution < -0.4 is 4.90 Å². The van der Waals surface area contributed by atoms with Crippen molar-refractivity contribution in [3.8, 4) is 0 Å². The summed E-state index contributed by atoms with van der Waals surface area (Å²) in [5, 5.41) is 11.9. The molecule has 4 aromatic rings. The van der Waals surface area contributed by atoms with Crippen LogP contribution in [0.3, 0.4) is 0 Å². The Labute approximate surface area is 174 Å². The first kappa shape index (κ1) is 19.0. The van der Waals surface area contributed by atoms with Crippen LogP contribution in [0.2, 0.25) is 5.02 Å². The zero-order valence-electron chi connectivity index (χ0n) is 14.9. The van der Waals surface area contributed by atoms with Crippen molar-refractivity contribution in [2.75, 3.05) is 4.90 Å². The zero-order chi connectivity index (χ0) is 20.4. The molecule has 0 saturated heterocycles. The summed E-state index contributed by atoms with van der Waals surface area (Å²) in [6.45, 7) is 0.251. The number of anilines is 1. The van der Waals surface area contributed by atoms with E-state index in [0.29, 0.717) is 21.2 Å². The van der Waals surface area contributed by atoms with Gasteiger partial charge in [0.25, 0.3) is 11.6 Å². The van der Waals surface area contributed by atoms with Gasteiger partial charge in [0.05, 0.1) is 21.2 Å². The minimum absolute atomic E-state index is 0.0767. The van der Waals surface area contributed by atoms with E-state index < -0.39 is 4.92 Å². The molecule has 0 atom stereocenters. The number of carbonyl (C=O) groups is 1. The third-order valence-corrected chi connectivity index (χ3v) is 5.57.